The largest absolute Gasteiger partial charge is 0.340 e. The Kier molecular flexibility index (Phi) is 3.97. The van der Waals surface area contributed by atoms with E-state index in [-0.39, 0.29) is 5.91 Å². The molecule has 3 rings (SSSR count). The fourth-order valence-corrected chi connectivity index (χ4v) is 3.34. The van der Waals surface area contributed by atoms with Gasteiger partial charge in [0, 0.05) is 16.1 Å². The first-order chi connectivity index (χ1) is 10.1. The molecule has 1 heterocycles. The number of aromatic nitrogens is 2. The Morgan fingerprint density at radius 3 is 2.76 bits per heavy atom. The van der Waals surface area contributed by atoms with E-state index in [4.69, 9.17) is 4.52 Å². The Morgan fingerprint density at radius 2 is 2.14 bits per heavy atom. The van der Waals surface area contributed by atoms with Crippen LogP contribution in [-0.2, 0) is 5.54 Å². The summed E-state index contributed by atoms with van der Waals surface area (Å²) in [5.74, 6) is 1.04. The van der Waals surface area contributed by atoms with Crippen LogP contribution in [0.2, 0.25) is 0 Å². The van der Waals surface area contributed by atoms with Crippen molar-refractivity contribution in [2.24, 2.45) is 0 Å². The second-order valence-electron chi connectivity index (χ2n) is 5.39. The highest BCUT2D eigenvalue weighted by atomic mass is 127. The fraction of sp³-hybridized carbons (Fsp3) is 0.400. The lowest BCUT2D eigenvalue weighted by Gasteiger charge is -2.26. The van der Waals surface area contributed by atoms with E-state index in [2.05, 4.69) is 38.0 Å². The van der Waals surface area contributed by atoms with E-state index in [9.17, 15) is 4.79 Å². The number of nitrogens with zero attached hydrogens (tertiary/aromatic N) is 2. The number of hydrogen-bond donors (Lipinski definition) is 1. The molecule has 1 aliphatic carbocycles. The third-order valence-corrected chi connectivity index (χ3v) is 4.52. The van der Waals surface area contributed by atoms with Crippen molar-refractivity contribution in [3.8, 4) is 0 Å². The molecule has 1 fully saturated rings. The van der Waals surface area contributed by atoms with Crippen molar-refractivity contribution >= 4 is 28.5 Å². The lowest BCUT2D eigenvalue weighted by molar-refractivity contribution is 0.0892. The summed E-state index contributed by atoms with van der Waals surface area (Å²) in [7, 11) is 0. The number of amides is 1. The number of hydrogen-bond acceptors (Lipinski definition) is 4. The van der Waals surface area contributed by atoms with Gasteiger partial charge in [-0.2, -0.15) is 4.98 Å². The Labute approximate surface area is 136 Å². The minimum Gasteiger partial charge on any atom is -0.340 e. The van der Waals surface area contributed by atoms with Gasteiger partial charge in [0.05, 0.1) is 0 Å². The topological polar surface area (TPSA) is 68.0 Å². The maximum Gasteiger partial charge on any atom is 0.252 e. The highest BCUT2D eigenvalue weighted by molar-refractivity contribution is 14.1. The van der Waals surface area contributed by atoms with Crippen LogP contribution in [0.1, 0.15) is 47.8 Å². The predicted molar refractivity (Wildman–Crippen MR) is 85.8 cm³/mol. The van der Waals surface area contributed by atoms with E-state index in [0.29, 0.717) is 17.3 Å². The van der Waals surface area contributed by atoms with Crippen LogP contribution in [0.5, 0.6) is 0 Å². The zero-order valence-electron chi connectivity index (χ0n) is 11.7. The molecule has 21 heavy (non-hydrogen) atoms. The maximum atomic E-state index is 12.5. The van der Waals surface area contributed by atoms with Gasteiger partial charge in [-0.1, -0.05) is 24.1 Å². The van der Waals surface area contributed by atoms with Crippen LogP contribution in [0.4, 0.5) is 0 Å². The molecule has 0 radical (unpaired) electrons. The summed E-state index contributed by atoms with van der Waals surface area (Å²) in [6, 6.07) is 7.55. The van der Waals surface area contributed by atoms with Crippen LogP contribution >= 0.6 is 22.6 Å². The van der Waals surface area contributed by atoms with Gasteiger partial charge < -0.3 is 9.84 Å². The first-order valence-electron chi connectivity index (χ1n) is 6.98. The summed E-state index contributed by atoms with van der Waals surface area (Å²) >= 11 is 2.20. The molecule has 2 aromatic rings. The minimum atomic E-state index is -0.490. The van der Waals surface area contributed by atoms with Crippen molar-refractivity contribution in [1.82, 2.24) is 15.5 Å². The average Bonchev–Trinajstić information content (AvgIpc) is 3.09. The Hall–Kier alpha value is -1.44. The summed E-state index contributed by atoms with van der Waals surface area (Å²) in [5.41, 5.74) is 0.171. The quantitative estimate of drug-likeness (QED) is 0.808. The van der Waals surface area contributed by atoms with E-state index in [1.54, 1.807) is 6.92 Å². The molecule has 1 aromatic heterocycles. The number of rotatable bonds is 3. The van der Waals surface area contributed by atoms with Crippen molar-refractivity contribution in [3.63, 3.8) is 0 Å². The lowest BCUT2D eigenvalue weighted by atomic mass is 9.96. The smallest absolute Gasteiger partial charge is 0.252 e. The molecule has 0 saturated heterocycles. The van der Waals surface area contributed by atoms with Crippen molar-refractivity contribution in [2.75, 3.05) is 0 Å². The molecule has 0 spiro atoms. The number of benzene rings is 1. The van der Waals surface area contributed by atoms with Crippen molar-refractivity contribution in [2.45, 2.75) is 38.1 Å². The number of carbonyl (C=O) groups excluding carboxylic acids is 1. The third-order valence-electron chi connectivity index (χ3n) is 3.85. The van der Waals surface area contributed by atoms with Gasteiger partial charge >= 0.3 is 0 Å². The Balaban J connectivity index is 1.87. The van der Waals surface area contributed by atoms with Crippen LogP contribution in [-0.4, -0.2) is 16.0 Å². The zero-order chi connectivity index (χ0) is 14.9. The molecule has 0 bridgehead atoms. The number of carbonyl (C=O) groups is 1. The van der Waals surface area contributed by atoms with Crippen LogP contribution in [0.15, 0.2) is 28.8 Å². The average molecular weight is 397 g/mol. The minimum absolute atomic E-state index is 0.0853. The SMILES string of the molecule is Cc1nc(C2(NC(=O)c3cccc(I)c3)CCCC2)no1. The van der Waals surface area contributed by atoms with Gasteiger partial charge in [-0.05, 0) is 53.6 Å². The molecule has 1 aromatic carbocycles. The molecular formula is C15H16IN3O2. The van der Waals surface area contributed by atoms with E-state index >= 15 is 0 Å². The molecule has 0 aliphatic heterocycles. The summed E-state index contributed by atoms with van der Waals surface area (Å²) < 4.78 is 6.13. The van der Waals surface area contributed by atoms with Gasteiger partial charge in [-0.25, -0.2) is 0 Å². The van der Waals surface area contributed by atoms with Crippen LogP contribution < -0.4 is 5.32 Å². The molecule has 1 N–H and O–H groups in total. The molecule has 1 saturated carbocycles. The van der Waals surface area contributed by atoms with Gasteiger partial charge in [-0.3, -0.25) is 4.79 Å². The second-order valence-corrected chi connectivity index (χ2v) is 6.64. The lowest BCUT2D eigenvalue weighted by Crippen LogP contribution is -2.44. The molecule has 6 heteroatoms. The Bertz CT molecular complexity index is 662. The number of nitrogens with one attached hydrogen (secondary N) is 1. The van der Waals surface area contributed by atoms with E-state index in [0.717, 1.165) is 29.3 Å². The maximum absolute atomic E-state index is 12.5. The van der Waals surface area contributed by atoms with Gasteiger partial charge in [0.2, 0.25) is 5.89 Å². The van der Waals surface area contributed by atoms with Crippen LogP contribution in [0, 0.1) is 10.5 Å². The van der Waals surface area contributed by atoms with E-state index in [1.807, 2.05) is 24.3 Å². The highest BCUT2D eigenvalue weighted by Gasteiger charge is 2.41. The summed E-state index contributed by atoms with van der Waals surface area (Å²) in [6.07, 6.45) is 3.81. The molecule has 5 nitrogen and oxygen atoms in total. The molecular weight excluding hydrogens is 381 g/mol. The fourth-order valence-electron chi connectivity index (χ4n) is 2.80. The normalized spacial score (nSPS) is 16.9. The van der Waals surface area contributed by atoms with Crippen molar-refractivity contribution in [1.29, 1.82) is 0 Å². The zero-order valence-corrected chi connectivity index (χ0v) is 13.9. The monoisotopic (exact) mass is 397 g/mol. The predicted octanol–water partition coefficient (Wildman–Crippen LogP) is 3.18. The summed E-state index contributed by atoms with van der Waals surface area (Å²) in [6.45, 7) is 1.76. The van der Waals surface area contributed by atoms with Gasteiger partial charge in [0.25, 0.3) is 5.91 Å². The van der Waals surface area contributed by atoms with E-state index in [1.165, 1.54) is 0 Å². The number of halogens is 1. The highest BCUT2D eigenvalue weighted by Crippen LogP contribution is 2.37. The first kappa shape index (κ1) is 14.5. The summed E-state index contributed by atoms with van der Waals surface area (Å²) in [5, 5.41) is 7.17. The standard InChI is InChI=1S/C15H16IN3O2/c1-10-17-14(19-21-10)15(7-2-3-8-15)18-13(20)11-5-4-6-12(16)9-11/h4-6,9H,2-3,7-8H2,1H3,(H,18,20). The first-order valence-corrected chi connectivity index (χ1v) is 8.06. The van der Waals surface area contributed by atoms with Gasteiger partial charge in [0.15, 0.2) is 5.82 Å². The summed E-state index contributed by atoms with van der Waals surface area (Å²) in [4.78, 5) is 16.9. The molecule has 1 aliphatic rings. The number of aryl methyl sites for hydroxylation is 1. The second kappa shape index (κ2) is 5.75. The van der Waals surface area contributed by atoms with Gasteiger partial charge in [-0.15, -0.1) is 0 Å². The van der Waals surface area contributed by atoms with Crippen molar-refractivity contribution < 1.29 is 9.32 Å². The van der Waals surface area contributed by atoms with E-state index < -0.39 is 5.54 Å². The molecule has 0 unspecified atom stereocenters. The molecule has 0 atom stereocenters. The van der Waals surface area contributed by atoms with Gasteiger partial charge in [0.1, 0.15) is 5.54 Å². The van der Waals surface area contributed by atoms with Crippen LogP contribution in [0.3, 0.4) is 0 Å². The van der Waals surface area contributed by atoms with Crippen molar-refractivity contribution in [3.05, 3.63) is 45.1 Å². The third kappa shape index (κ3) is 2.95. The molecule has 1 amide bonds. The van der Waals surface area contributed by atoms with Crippen LogP contribution in [0.25, 0.3) is 0 Å². The molecule has 110 valence electrons. The Morgan fingerprint density at radius 1 is 1.38 bits per heavy atom.